The van der Waals surface area contributed by atoms with Crippen LogP contribution in [0.3, 0.4) is 0 Å². The van der Waals surface area contributed by atoms with E-state index in [0.29, 0.717) is 5.82 Å². The minimum absolute atomic E-state index is 0.645. The Morgan fingerprint density at radius 3 is 2.69 bits per heavy atom. The van der Waals surface area contributed by atoms with Gasteiger partial charge in [-0.15, -0.1) is 0 Å². The van der Waals surface area contributed by atoms with Crippen molar-refractivity contribution in [3.05, 3.63) is 49.0 Å². The highest BCUT2D eigenvalue weighted by Crippen LogP contribution is 2.05. The summed E-state index contributed by atoms with van der Waals surface area (Å²) in [5, 5.41) is 3.06. The molecule has 4 nitrogen and oxygen atoms in total. The van der Waals surface area contributed by atoms with E-state index < -0.39 is 0 Å². The van der Waals surface area contributed by atoms with E-state index in [4.69, 9.17) is 0 Å². The summed E-state index contributed by atoms with van der Waals surface area (Å²) in [5.74, 6) is 0.645. The number of allylic oxidation sites excluding steroid dienone is 4. The third kappa shape index (κ3) is 1.79. The quantitative estimate of drug-likeness (QED) is 0.683. The van der Waals surface area contributed by atoms with E-state index in [1.807, 2.05) is 30.5 Å². The largest absolute Gasteiger partial charge is 0.359 e. The second-order valence-corrected chi connectivity index (χ2v) is 2.43. The zero-order chi connectivity index (χ0) is 8.93. The van der Waals surface area contributed by atoms with Crippen LogP contribution in [0.25, 0.3) is 5.70 Å². The number of hydrogen-bond acceptors (Lipinski definition) is 4. The SMILES string of the molecule is C1=CC=C(c2ncncn2)NC=C1. The normalized spacial score (nSPS) is 14.6. The summed E-state index contributed by atoms with van der Waals surface area (Å²) < 4.78 is 0. The topological polar surface area (TPSA) is 50.7 Å². The molecule has 0 bridgehead atoms. The number of aromatic nitrogens is 3. The lowest BCUT2D eigenvalue weighted by Gasteiger charge is -2.02. The first-order valence-corrected chi connectivity index (χ1v) is 3.89. The Bertz CT molecular complexity index is 364. The average Bonchev–Trinajstić information content (AvgIpc) is 2.47. The van der Waals surface area contributed by atoms with Gasteiger partial charge in [0.25, 0.3) is 0 Å². The van der Waals surface area contributed by atoms with Crippen LogP contribution >= 0.6 is 0 Å². The van der Waals surface area contributed by atoms with Crippen molar-refractivity contribution in [2.75, 3.05) is 0 Å². The molecule has 1 N–H and O–H groups in total. The first-order chi connectivity index (χ1) is 6.47. The fourth-order valence-electron chi connectivity index (χ4n) is 0.975. The number of rotatable bonds is 1. The van der Waals surface area contributed by atoms with Crippen molar-refractivity contribution >= 4 is 5.70 Å². The predicted octanol–water partition coefficient (Wildman–Crippen LogP) is 0.886. The molecule has 0 amide bonds. The van der Waals surface area contributed by atoms with Gasteiger partial charge in [-0.05, 0) is 12.2 Å². The van der Waals surface area contributed by atoms with Gasteiger partial charge in [0.15, 0.2) is 5.82 Å². The van der Waals surface area contributed by atoms with E-state index in [0.717, 1.165) is 5.70 Å². The van der Waals surface area contributed by atoms with Crippen LogP contribution in [-0.2, 0) is 0 Å². The zero-order valence-corrected chi connectivity index (χ0v) is 6.88. The monoisotopic (exact) mass is 172 g/mol. The number of nitrogens with zero attached hydrogens (tertiary/aromatic N) is 3. The molecular formula is C9H8N4. The first-order valence-electron chi connectivity index (χ1n) is 3.89. The molecule has 0 atom stereocenters. The van der Waals surface area contributed by atoms with Crippen LogP contribution in [0.1, 0.15) is 5.82 Å². The third-order valence-corrected chi connectivity index (χ3v) is 1.55. The van der Waals surface area contributed by atoms with Gasteiger partial charge in [-0.2, -0.15) is 0 Å². The summed E-state index contributed by atoms with van der Waals surface area (Å²) in [6.07, 6.45) is 12.5. The van der Waals surface area contributed by atoms with Crippen molar-refractivity contribution in [2.45, 2.75) is 0 Å². The molecule has 0 radical (unpaired) electrons. The molecule has 0 aliphatic carbocycles. The maximum atomic E-state index is 4.02. The van der Waals surface area contributed by atoms with Crippen LogP contribution in [0.2, 0.25) is 0 Å². The molecule has 64 valence electrons. The van der Waals surface area contributed by atoms with Crippen molar-refractivity contribution in [1.82, 2.24) is 20.3 Å². The molecule has 1 aromatic heterocycles. The minimum Gasteiger partial charge on any atom is -0.359 e. The van der Waals surface area contributed by atoms with Crippen LogP contribution in [0.4, 0.5) is 0 Å². The maximum Gasteiger partial charge on any atom is 0.178 e. The molecule has 13 heavy (non-hydrogen) atoms. The van der Waals surface area contributed by atoms with Crippen molar-refractivity contribution in [3.63, 3.8) is 0 Å². The summed E-state index contributed by atoms with van der Waals surface area (Å²) in [7, 11) is 0. The molecule has 0 unspecified atom stereocenters. The molecule has 0 spiro atoms. The molecule has 0 aromatic carbocycles. The second-order valence-electron chi connectivity index (χ2n) is 2.43. The fourth-order valence-corrected chi connectivity index (χ4v) is 0.975. The van der Waals surface area contributed by atoms with Crippen LogP contribution in [-0.4, -0.2) is 15.0 Å². The third-order valence-electron chi connectivity index (χ3n) is 1.55. The van der Waals surface area contributed by atoms with Gasteiger partial charge >= 0.3 is 0 Å². The Kier molecular flexibility index (Phi) is 2.14. The highest BCUT2D eigenvalue weighted by Gasteiger charge is 2.00. The highest BCUT2D eigenvalue weighted by atomic mass is 15.0. The molecule has 2 heterocycles. The van der Waals surface area contributed by atoms with E-state index in [-0.39, 0.29) is 0 Å². The Labute approximate surface area is 75.8 Å². The average molecular weight is 172 g/mol. The number of nitrogens with one attached hydrogen (secondary N) is 1. The molecule has 0 saturated carbocycles. The highest BCUT2D eigenvalue weighted by molar-refractivity contribution is 5.61. The van der Waals surface area contributed by atoms with Gasteiger partial charge in [0.2, 0.25) is 0 Å². The standard InChI is InChI=1S/C9H8N4/c1-2-4-8(11-5-3-1)9-12-6-10-7-13-9/h1-7,11H. The van der Waals surface area contributed by atoms with Gasteiger partial charge in [0.05, 0.1) is 5.70 Å². The predicted molar refractivity (Wildman–Crippen MR) is 49.2 cm³/mol. The lowest BCUT2D eigenvalue weighted by molar-refractivity contribution is 0.990. The Hall–Kier alpha value is -1.97. The van der Waals surface area contributed by atoms with Crippen molar-refractivity contribution in [2.24, 2.45) is 0 Å². The Morgan fingerprint density at radius 1 is 1.00 bits per heavy atom. The van der Waals surface area contributed by atoms with Crippen LogP contribution in [0.5, 0.6) is 0 Å². The minimum atomic E-state index is 0.645. The molecule has 4 heteroatoms. The first kappa shape index (κ1) is 7.67. The van der Waals surface area contributed by atoms with E-state index in [2.05, 4.69) is 20.3 Å². The Morgan fingerprint density at radius 2 is 1.85 bits per heavy atom. The van der Waals surface area contributed by atoms with Crippen molar-refractivity contribution in [3.8, 4) is 0 Å². The van der Waals surface area contributed by atoms with Crippen molar-refractivity contribution < 1.29 is 0 Å². The molecule has 2 rings (SSSR count). The van der Waals surface area contributed by atoms with Crippen molar-refractivity contribution in [1.29, 1.82) is 0 Å². The lowest BCUT2D eigenvalue weighted by Crippen LogP contribution is -2.06. The number of hydrogen-bond donors (Lipinski definition) is 1. The summed E-state index contributed by atoms with van der Waals surface area (Å²) in [6, 6.07) is 0. The molecule has 0 fully saturated rings. The van der Waals surface area contributed by atoms with Gasteiger partial charge in [-0.25, -0.2) is 15.0 Å². The van der Waals surface area contributed by atoms with Crippen LogP contribution in [0, 0.1) is 0 Å². The van der Waals surface area contributed by atoms with Crippen LogP contribution < -0.4 is 5.32 Å². The van der Waals surface area contributed by atoms with Gasteiger partial charge in [-0.3, -0.25) is 0 Å². The maximum absolute atomic E-state index is 4.02. The lowest BCUT2D eigenvalue weighted by atomic mass is 10.3. The zero-order valence-electron chi connectivity index (χ0n) is 6.88. The van der Waals surface area contributed by atoms with Crippen LogP contribution in [0.15, 0.2) is 43.2 Å². The molecule has 1 aliphatic heterocycles. The van der Waals surface area contributed by atoms with E-state index in [1.165, 1.54) is 12.7 Å². The molecule has 1 aromatic rings. The summed E-state index contributed by atoms with van der Waals surface area (Å²) >= 11 is 0. The van der Waals surface area contributed by atoms with Gasteiger partial charge in [0, 0.05) is 6.20 Å². The van der Waals surface area contributed by atoms with E-state index in [9.17, 15) is 0 Å². The molecule has 0 saturated heterocycles. The van der Waals surface area contributed by atoms with E-state index >= 15 is 0 Å². The van der Waals surface area contributed by atoms with Gasteiger partial charge < -0.3 is 5.32 Å². The Balaban J connectivity index is 2.32. The fraction of sp³-hybridized carbons (Fsp3) is 0. The molecule has 1 aliphatic rings. The van der Waals surface area contributed by atoms with Gasteiger partial charge in [0.1, 0.15) is 12.7 Å². The summed E-state index contributed by atoms with van der Waals surface area (Å²) in [6.45, 7) is 0. The molecular weight excluding hydrogens is 164 g/mol. The van der Waals surface area contributed by atoms with Gasteiger partial charge in [-0.1, -0.05) is 12.2 Å². The summed E-state index contributed by atoms with van der Waals surface area (Å²) in [5.41, 5.74) is 0.868. The second kappa shape index (κ2) is 3.62. The summed E-state index contributed by atoms with van der Waals surface area (Å²) in [4.78, 5) is 11.8. The van der Waals surface area contributed by atoms with E-state index in [1.54, 1.807) is 0 Å². The smallest absolute Gasteiger partial charge is 0.178 e.